The van der Waals surface area contributed by atoms with E-state index >= 15 is 0 Å². The first-order valence-electron chi connectivity index (χ1n) is 3.87. The van der Waals surface area contributed by atoms with Crippen LogP contribution in [0.3, 0.4) is 0 Å². The second-order valence-corrected chi connectivity index (χ2v) is 15.6. The monoisotopic (exact) mass is 343 g/mol. The van der Waals surface area contributed by atoms with Gasteiger partial charge in [-0.15, -0.1) is 0 Å². The molecule has 15 heavy (non-hydrogen) atoms. The van der Waals surface area contributed by atoms with E-state index in [1.54, 1.807) is 6.92 Å². The Morgan fingerprint density at radius 1 is 1.00 bits per heavy atom. The molecule has 0 aliphatic carbocycles. The summed E-state index contributed by atoms with van der Waals surface area (Å²) in [5.41, 5.74) is 2.94. The molecule has 0 N–H and O–H groups in total. The van der Waals surface area contributed by atoms with Crippen LogP contribution in [0, 0.1) is 11.6 Å². The highest BCUT2D eigenvalue weighted by Gasteiger charge is 2.30. The van der Waals surface area contributed by atoms with Crippen LogP contribution in [0.5, 0.6) is 0 Å². The summed E-state index contributed by atoms with van der Waals surface area (Å²) < 4.78 is 12.4. The molecular formula is C5H8Cl4N3P3. The van der Waals surface area contributed by atoms with E-state index in [1.807, 2.05) is 6.92 Å². The number of hydrogen-bond donors (Lipinski definition) is 0. The zero-order chi connectivity index (χ0) is 11.7. The van der Waals surface area contributed by atoms with Crippen molar-refractivity contribution in [2.24, 2.45) is 13.5 Å². The Morgan fingerprint density at radius 3 is 1.93 bits per heavy atom. The average Bonchev–Trinajstić information content (AvgIpc) is 1.98. The fourth-order valence-corrected chi connectivity index (χ4v) is 16.9. The predicted octanol–water partition coefficient (Wildman–Crippen LogP) is 6.96. The number of rotatable bonds is 1. The fourth-order valence-electron chi connectivity index (χ4n) is 0.969. The smallest absolute Gasteiger partial charge is 0.201 e. The van der Waals surface area contributed by atoms with Gasteiger partial charge in [0.05, 0.1) is 0 Å². The van der Waals surface area contributed by atoms with Crippen molar-refractivity contribution >= 4 is 64.0 Å². The first kappa shape index (κ1) is 14.5. The van der Waals surface area contributed by atoms with Crippen LogP contribution in [0.4, 0.5) is 0 Å². The molecule has 0 saturated heterocycles. The topological polar surface area (TPSA) is 37.1 Å². The van der Waals surface area contributed by atoms with Crippen LogP contribution in [0.2, 0.25) is 0 Å². The first-order valence-corrected chi connectivity index (χ1v) is 12.8. The molecule has 1 aliphatic rings. The van der Waals surface area contributed by atoms with Gasteiger partial charge in [0, 0.05) is 6.16 Å². The molecular weight excluding hydrogens is 337 g/mol. The van der Waals surface area contributed by atoms with E-state index in [-0.39, 0.29) is 0 Å². The Morgan fingerprint density at radius 2 is 1.53 bits per heavy atom. The largest absolute Gasteiger partial charge is 0.256 e. The number of halogens is 4. The van der Waals surface area contributed by atoms with Crippen LogP contribution in [0.1, 0.15) is 13.8 Å². The van der Waals surface area contributed by atoms with E-state index in [1.165, 1.54) is 0 Å². The summed E-state index contributed by atoms with van der Waals surface area (Å²) in [5.74, 6) is -2.81. The molecule has 0 aromatic rings. The molecule has 0 fully saturated rings. The van der Waals surface area contributed by atoms with Gasteiger partial charge in [0.2, 0.25) is 0 Å². The highest BCUT2D eigenvalue weighted by molar-refractivity contribution is 8.21. The van der Waals surface area contributed by atoms with Crippen molar-refractivity contribution in [1.82, 2.24) is 0 Å². The van der Waals surface area contributed by atoms with E-state index in [0.717, 1.165) is 0 Å². The van der Waals surface area contributed by atoms with E-state index in [0.29, 0.717) is 6.16 Å². The van der Waals surface area contributed by atoms with E-state index in [9.17, 15) is 0 Å². The molecule has 1 unspecified atom stereocenters. The minimum absolute atomic E-state index is 0.631. The third-order valence-electron chi connectivity index (χ3n) is 1.46. The Balaban J connectivity index is 3.58. The minimum atomic E-state index is -2.79. The van der Waals surface area contributed by atoms with Crippen LogP contribution in [0.25, 0.3) is 0 Å². The van der Waals surface area contributed by atoms with Crippen LogP contribution in [-0.4, -0.2) is 6.16 Å². The summed E-state index contributed by atoms with van der Waals surface area (Å²) in [4.78, 5) is 0. The Labute approximate surface area is 109 Å². The van der Waals surface area contributed by atoms with Gasteiger partial charge in [-0.3, -0.25) is 0 Å². The summed E-state index contributed by atoms with van der Waals surface area (Å²) >= 11 is 23.8. The molecule has 0 aromatic heterocycles. The van der Waals surface area contributed by atoms with Gasteiger partial charge >= 0.3 is 0 Å². The summed E-state index contributed by atoms with van der Waals surface area (Å²) in [6.45, 7) is 3.62. The third-order valence-corrected chi connectivity index (χ3v) is 13.6. The van der Waals surface area contributed by atoms with Gasteiger partial charge in [0.1, 0.15) is 0 Å². The van der Waals surface area contributed by atoms with Gasteiger partial charge in [-0.2, -0.15) is 4.52 Å². The fraction of sp³-hybridized carbons (Fsp3) is 0.600. The lowest BCUT2D eigenvalue weighted by Gasteiger charge is -2.21. The second kappa shape index (κ2) is 4.96. The van der Waals surface area contributed by atoms with Crippen molar-refractivity contribution in [2.45, 2.75) is 13.8 Å². The van der Waals surface area contributed by atoms with Crippen molar-refractivity contribution in [3.05, 3.63) is 0 Å². The maximum Gasteiger partial charge on any atom is 0.256 e. The van der Waals surface area contributed by atoms with Crippen LogP contribution < -0.4 is 0 Å². The van der Waals surface area contributed by atoms with Gasteiger partial charge in [-0.05, 0) is 57.5 Å². The van der Waals surface area contributed by atoms with Crippen molar-refractivity contribution in [1.29, 1.82) is 0 Å². The lowest BCUT2D eigenvalue weighted by atomic mass is 10.8. The van der Waals surface area contributed by atoms with E-state index in [2.05, 4.69) is 25.1 Å². The summed E-state index contributed by atoms with van der Waals surface area (Å²) in [7, 11) is -2.25. The number of nitrogens with zero attached hydrogens (tertiary/aromatic N) is 3. The van der Waals surface area contributed by atoms with Crippen molar-refractivity contribution in [3.8, 4) is 11.6 Å². The maximum atomic E-state index is 5.96. The molecule has 10 heteroatoms. The van der Waals surface area contributed by atoms with Crippen LogP contribution in [0.15, 0.2) is 13.5 Å². The molecule has 0 saturated carbocycles. The zero-order valence-corrected chi connectivity index (χ0v) is 13.6. The Hall–Kier alpha value is 1.41. The highest BCUT2D eigenvalue weighted by atomic mass is 35.9. The molecule has 1 atom stereocenters. The molecule has 1 rings (SSSR count). The number of hydrogen-bond acceptors (Lipinski definition) is 3. The molecule has 0 bridgehead atoms. The Kier molecular flexibility index (Phi) is 4.78. The van der Waals surface area contributed by atoms with Crippen molar-refractivity contribution < 1.29 is 0 Å². The molecule has 0 aromatic carbocycles. The van der Waals surface area contributed by atoms with Gasteiger partial charge in [-0.1, -0.05) is 12.8 Å². The quantitative estimate of drug-likeness (QED) is 0.364. The molecule has 3 nitrogen and oxygen atoms in total. The summed E-state index contributed by atoms with van der Waals surface area (Å²) in [6.07, 6.45) is 0.631. The van der Waals surface area contributed by atoms with Gasteiger partial charge in [0.15, 0.2) is 7.21 Å². The minimum Gasteiger partial charge on any atom is -0.201 e. The normalized spacial score (nSPS) is 31.3. The standard InChI is InChI=1S/C5H8Cl4N3P3/c1-3-5-13(4-2)10-14(6,7)12-15(8,9)11-13/h4H2,1-2H3. The van der Waals surface area contributed by atoms with Gasteiger partial charge in [0.25, 0.3) is 11.8 Å². The van der Waals surface area contributed by atoms with E-state index in [4.69, 9.17) is 45.0 Å². The second-order valence-electron chi connectivity index (χ2n) is 2.59. The lowest BCUT2D eigenvalue weighted by molar-refractivity contribution is 1.46. The summed E-state index contributed by atoms with van der Waals surface area (Å²) in [5, 5.41) is 0. The van der Waals surface area contributed by atoms with Crippen LogP contribution in [-0.2, 0) is 0 Å². The lowest BCUT2D eigenvalue weighted by Crippen LogP contribution is -1.80. The molecule has 1 aliphatic heterocycles. The zero-order valence-electron chi connectivity index (χ0n) is 7.90. The van der Waals surface area contributed by atoms with Crippen molar-refractivity contribution in [3.63, 3.8) is 0 Å². The molecule has 86 valence electrons. The molecule has 0 radical (unpaired) electrons. The molecule has 0 spiro atoms. The first-order chi connectivity index (χ1) is 6.74. The average molecular weight is 345 g/mol. The van der Waals surface area contributed by atoms with Gasteiger partial charge < -0.3 is 0 Å². The maximum absolute atomic E-state index is 5.96. The predicted molar refractivity (Wildman–Crippen MR) is 75.4 cm³/mol. The third kappa shape index (κ3) is 3.97. The van der Waals surface area contributed by atoms with Crippen LogP contribution >= 0.6 is 64.0 Å². The highest BCUT2D eigenvalue weighted by Crippen LogP contribution is 2.84. The van der Waals surface area contributed by atoms with Crippen molar-refractivity contribution in [2.75, 3.05) is 6.16 Å². The SMILES string of the molecule is CC#CP1(CC)=NP(Cl)(Cl)=NP(Cl)(Cl)=N1. The van der Waals surface area contributed by atoms with E-state index < -0.39 is 19.0 Å². The summed E-state index contributed by atoms with van der Waals surface area (Å²) in [6, 6.07) is 0. The molecule has 1 heterocycles. The molecule has 0 amide bonds. The Bertz CT molecular complexity index is 480. The van der Waals surface area contributed by atoms with Gasteiger partial charge in [-0.25, -0.2) is 9.03 Å².